The number of anilines is 1. The number of carbonyl (C=O) groups excluding carboxylic acids is 1. The van der Waals surface area contributed by atoms with Crippen LogP contribution in [0, 0.1) is 0 Å². The molecule has 0 aromatic heterocycles. The van der Waals surface area contributed by atoms with Gasteiger partial charge in [0.15, 0.2) is 5.84 Å². The van der Waals surface area contributed by atoms with E-state index in [2.05, 4.69) is 15.0 Å². The highest BCUT2D eigenvalue weighted by Crippen LogP contribution is 2.27. The van der Waals surface area contributed by atoms with Gasteiger partial charge in [0.2, 0.25) is 0 Å². The average Bonchev–Trinajstić information content (AvgIpc) is 2.98. The summed E-state index contributed by atoms with van der Waals surface area (Å²) in [6.45, 7) is 0.264. The summed E-state index contributed by atoms with van der Waals surface area (Å²) in [5.74, 6) is -0.0149. The first-order chi connectivity index (χ1) is 14.3. The van der Waals surface area contributed by atoms with E-state index in [1.54, 1.807) is 60.7 Å². The molecule has 0 spiro atoms. The molecule has 6 nitrogen and oxygen atoms in total. The number of nitrogens with zero attached hydrogens (tertiary/aromatic N) is 1. The molecule has 4 rings (SSSR count). The normalized spacial score (nSPS) is 14.0. The Kier molecular flexibility index (Phi) is 5.51. The fourth-order valence-corrected chi connectivity index (χ4v) is 4.63. The minimum absolute atomic E-state index is 0.171. The first-order valence-corrected chi connectivity index (χ1v) is 11.1. The third kappa shape index (κ3) is 4.18. The van der Waals surface area contributed by atoms with Crippen LogP contribution in [0.5, 0.6) is 0 Å². The van der Waals surface area contributed by atoms with E-state index < -0.39 is 10.0 Å². The van der Waals surface area contributed by atoms with Crippen LogP contribution in [0.3, 0.4) is 0 Å². The van der Waals surface area contributed by atoms with Crippen LogP contribution in [-0.2, 0) is 16.6 Å². The highest BCUT2D eigenvalue weighted by Gasteiger charge is 2.28. The van der Waals surface area contributed by atoms with Gasteiger partial charge >= 0.3 is 0 Å². The quantitative estimate of drug-likeness (QED) is 0.601. The number of sulfonamides is 1. The lowest BCUT2D eigenvalue weighted by molar-refractivity contribution is 0.0951. The lowest BCUT2D eigenvalue weighted by atomic mass is 10.1. The smallest absolute Gasteiger partial charge is 0.285 e. The molecule has 0 saturated heterocycles. The van der Waals surface area contributed by atoms with E-state index in [-0.39, 0.29) is 23.2 Å². The van der Waals surface area contributed by atoms with Gasteiger partial charge in [0.25, 0.3) is 15.9 Å². The summed E-state index contributed by atoms with van der Waals surface area (Å²) in [5.41, 5.74) is 2.33. The molecule has 0 fully saturated rings. The lowest BCUT2D eigenvalue weighted by Crippen LogP contribution is -2.23. The fourth-order valence-electron chi connectivity index (χ4n) is 2.98. The Labute approximate surface area is 183 Å². The van der Waals surface area contributed by atoms with Crippen molar-refractivity contribution in [2.24, 2.45) is 4.40 Å². The average molecular weight is 460 g/mol. The summed E-state index contributed by atoms with van der Waals surface area (Å²) in [7, 11) is -3.69. The van der Waals surface area contributed by atoms with Crippen LogP contribution < -0.4 is 10.6 Å². The molecule has 1 heterocycles. The van der Waals surface area contributed by atoms with Gasteiger partial charge in [0, 0.05) is 33.4 Å². The fraction of sp³-hybridized carbons (Fsp3) is 0.0476. The molecule has 0 bridgehead atoms. The number of rotatable bonds is 4. The van der Waals surface area contributed by atoms with E-state index in [0.29, 0.717) is 26.9 Å². The van der Waals surface area contributed by atoms with Crippen LogP contribution in [0.4, 0.5) is 5.69 Å². The van der Waals surface area contributed by atoms with Crippen LogP contribution in [0.15, 0.2) is 76.0 Å². The zero-order valence-electron chi connectivity index (χ0n) is 15.4. The predicted molar refractivity (Wildman–Crippen MR) is 118 cm³/mol. The zero-order valence-corrected chi connectivity index (χ0v) is 17.7. The van der Waals surface area contributed by atoms with E-state index in [1.807, 2.05) is 0 Å². The Morgan fingerprint density at radius 2 is 1.70 bits per heavy atom. The van der Waals surface area contributed by atoms with Crippen molar-refractivity contribution in [1.29, 1.82) is 0 Å². The first-order valence-electron chi connectivity index (χ1n) is 8.87. The second kappa shape index (κ2) is 8.10. The first kappa shape index (κ1) is 20.4. The monoisotopic (exact) mass is 459 g/mol. The molecular formula is C21H15Cl2N3O3S. The molecule has 30 heavy (non-hydrogen) atoms. The zero-order chi connectivity index (χ0) is 21.3. The number of fused-ring (bicyclic) bond motifs is 1. The predicted octanol–water partition coefficient (Wildman–Crippen LogP) is 4.48. The van der Waals surface area contributed by atoms with Gasteiger partial charge in [-0.1, -0.05) is 41.4 Å². The Morgan fingerprint density at radius 3 is 2.43 bits per heavy atom. The molecule has 152 valence electrons. The van der Waals surface area contributed by atoms with Crippen molar-refractivity contribution in [3.63, 3.8) is 0 Å². The number of benzene rings is 3. The van der Waals surface area contributed by atoms with E-state index in [4.69, 9.17) is 23.2 Å². The van der Waals surface area contributed by atoms with Gasteiger partial charge in [0.1, 0.15) is 4.90 Å². The summed E-state index contributed by atoms with van der Waals surface area (Å²) in [6, 6.07) is 18.3. The van der Waals surface area contributed by atoms with E-state index in [1.165, 1.54) is 6.07 Å². The summed E-state index contributed by atoms with van der Waals surface area (Å²) in [5, 5.41) is 6.81. The highest BCUT2D eigenvalue weighted by atomic mass is 35.5. The summed E-state index contributed by atoms with van der Waals surface area (Å²) in [6.07, 6.45) is 0. The van der Waals surface area contributed by atoms with Gasteiger partial charge in [-0.05, 0) is 54.1 Å². The van der Waals surface area contributed by atoms with Crippen LogP contribution in [0.1, 0.15) is 21.5 Å². The number of amidine groups is 1. The molecule has 0 saturated carbocycles. The third-order valence-corrected chi connectivity index (χ3v) is 6.42. The third-order valence-electron chi connectivity index (χ3n) is 4.50. The number of hydrogen-bond acceptors (Lipinski definition) is 4. The molecule has 3 aromatic rings. The standard InChI is InChI=1S/C21H15Cl2N3O3S/c22-15-8-5-14(18(23)11-15)12-24-21(27)13-6-9-16(10-7-13)25-20-17-3-1-2-4-19(17)30(28,29)26-20/h1-11H,12H2,(H,24,27)(H,25,26). The number of hydrogen-bond donors (Lipinski definition) is 2. The molecule has 0 atom stereocenters. The molecular weight excluding hydrogens is 445 g/mol. The number of carbonyl (C=O) groups is 1. The van der Waals surface area contributed by atoms with E-state index in [9.17, 15) is 13.2 Å². The molecule has 0 radical (unpaired) electrons. The molecule has 1 amide bonds. The van der Waals surface area contributed by atoms with E-state index >= 15 is 0 Å². The van der Waals surface area contributed by atoms with Crippen LogP contribution >= 0.6 is 23.2 Å². The van der Waals surface area contributed by atoms with Crippen LogP contribution in [0.25, 0.3) is 0 Å². The maximum absolute atomic E-state index is 12.4. The van der Waals surface area contributed by atoms with Gasteiger partial charge in [-0.3, -0.25) is 4.79 Å². The molecule has 0 unspecified atom stereocenters. The lowest BCUT2D eigenvalue weighted by Gasteiger charge is -2.09. The SMILES string of the molecule is O=C(NCc1ccc(Cl)cc1Cl)c1ccc(NC2=NS(=O)(=O)c3ccccc32)cc1. The maximum Gasteiger partial charge on any atom is 0.285 e. The van der Waals surface area contributed by atoms with Gasteiger partial charge in [-0.2, -0.15) is 8.42 Å². The second-order valence-corrected chi connectivity index (χ2v) is 8.95. The Balaban J connectivity index is 1.44. The second-order valence-electron chi connectivity index (χ2n) is 6.53. The Morgan fingerprint density at radius 1 is 0.967 bits per heavy atom. The molecule has 3 aromatic carbocycles. The number of amides is 1. The van der Waals surface area contributed by atoms with Crippen molar-refractivity contribution >= 4 is 50.7 Å². The molecule has 2 N–H and O–H groups in total. The minimum Gasteiger partial charge on any atom is -0.348 e. The molecule has 0 aliphatic carbocycles. The summed E-state index contributed by atoms with van der Waals surface area (Å²) < 4.78 is 28.1. The molecule has 9 heteroatoms. The van der Waals surface area contributed by atoms with E-state index in [0.717, 1.165) is 5.56 Å². The number of halogens is 2. The highest BCUT2D eigenvalue weighted by molar-refractivity contribution is 7.90. The van der Waals surface area contributed by atoms with Crippen molar-refractivity contribution in [3.05, 3.63) is 93.5 Å². The minimum atomic E-state index is -3.69. The maximum atomic E-state index is 12.4. The van der Waals surface area contributed by atoms with Gasteiger partial charge in [0.05, 0.1) is 0 Å². The van der Waals surface area contributed by atoms with Crippen molar-refractivity contribution < 1.29 is 13.2 Å². The topological polar surface area (TPSA) is 87.6 Å². The van der Waals surface area contributed by atoms with Crippen molar-refractivity contribution in [2.45, 2.75) is 11.4 Å². The molecule has 1 aliphatic heterocycles. The van der Waals surface area contributed by atoms with Crippen molar-refractivity contribution in [1.82, 2.24) is 5.32 Å². The van der Waals surface area contributed by atoms with Crippen molar-refractivity contribution in [2.75, 3.05) is 5.32 Å². The van der Waals surface area contributed by atoms with Crippen LogP contribution in [0.2, 0.25) is 10.0 Å². The van der Waals surface area contributed by atoms with Gasteiger partial charge < -0.3 is 10.6 Å². The largest absolute Gasteiger partial charge is 0.348 e. The van der Waals surface area contributed by atoms with Gasteiger partial charge in [-0.15, -0.1) is 4.40 Å². The number of nitrogens with one attached hydrogen (secondary N) is 2. The summed E-state index contributed by atoms with van der Waals surface area (Å²) >= 11 is 12.0. The van der Waals surface area contributed by atoms with Crippen LogP contribution in [-0.4, -0.2) is 20.2 Å². The molecule has 1 aliphatic rings. The van der Waals surface area contributed by atoms with Gasteiger partial charge in [-0.25, -0.2) is 0 Å². The van der Waals surface area contributed by atoms with Crippen molar-refractivity contribution in [3.8, 4) is 0 Å². The Bertz CT molecular complexity index is 1270. The summed E-state index contributed by atoms with van der Waals surface area (Å²) in [4.78, 5) is 12.6. The Hall–Kier alpha value is -2.87.